The zero-order valence-corrected chi connectivity index (χ0v) is 20.5. The Morgan fingerprint density at radius 3 is 2.42 bits per heavy atom. The fourth-order valence-corrected chi connectivity index (χ4v) is 4.98. The van der Waals surface area contributed by atoms with Crippen molar-refractivity contribution in [2.45, 2.75) is 19.1 Å². The molecule has 0 spiro atoms. The molecule has 0 fully saturated rings. The van der Waals surface area contributed by atoms with E-state index < -0.39 is 6.10 Å². The number of anilines is 1. The number of hydrogen-bond donors (Lipinski definition) is 1. The van der Waals surface area contributed by atoms with Crippen LogP contribution in [0, 0.1) is 6.92 Å². The zero-order valence-electron chi connectivity index (χ0n) is 20.5. The average Bonchev–Trinajstić information content (AvgIpc) is 3.39. The number of fused-ring (bicyclic) bond motifs is 3. The summed E-state index contributed by atoms with van der Waals surface area (Å²) in [7, 11) is 4.96. The molecule has 0 radical (unpaired) electrons. The number of nitrogens with zero attached hydrogens (tertiary/aromatic N) is 3. The van der Waals surface area contributed by atoms with Crippen LogP contribution in [0.2, 0.25) is 0 Å². The normalized spacial score (nSPS) is 17.8. The number of rotatable bonds is 5. The summed E-state index contributed by atoms with van der Waals surface area (Å²) in [6, 6.07) is 19.8. The van der Waals surface area contributed by atoms with Crippen LogP contribution in [0.4, 0.5) is 5.95 Å². The van der Waals surface area contributed by atoms with Gasteiger partial charge in [-0.3, -0.25) is 0 Å². The van der Waals surface area contributed by atoms with Crippen LogP contribution in [0.5, 0.6) is 23.0 Å². The van der Waals surface area contributed by atoms with Crippen molar-refractivity contribution < 1.29 is 18.9 Å². The van der Waals surface area contributed by atoms with Gasteiger partial charge in [0.15, 0.2) is 6.10 Å². The summed E-state index contributed by atoms with van der Waals surface area (Å²) >= 11 is 0. The Hall–Kier alpha value is -4.46. The van der Waals surface area contributed by atoms with Crippen molar-refractivity contribution in [3.8, 4) is 23.0 Å². The molecule has 1 N–H and O–H groups in total. The quantitative estimate of drug-likeness (QED) is 0.420. The van der Waals surface area contributed by atoms with E-state index in [1.165, 1.54) is 0 Å². The maximum atomic E-state index is 6.74. The summed E-state index contributed by atoms with van der Waals surface area (Å²) in [5, 5.41) is 8.13. The molecule has 8 nitrogen and oxygen atoms in total. The highest BCUT2D eigenvalue weighted by Crippen LogP contribution is 2.52. The third-order valence-electron chi connectivity index (χ3n) is 6.72. The highest BCUT2D eigenvalue weighted by Gasteiger charge is 2.42. The van der Waals surface area contributed by atoms with Gasteiger partial charge in [-0.25, -0.2) is 4.68 Å². The minimum atomic E-state index is -0.451. The molecule has 2 atom stereocenters. The third-order valence-corrected chi connectivity index (χ3v) is 6.72. The van der Waals surface area contributed by atoms with Gasteiger partial charge >= 0.3 is 0 Å². The third kappa shape index (κ3) is 3.45. The number of hydrogen-bond acceptors (Lipinski definition) is 7. The number of aryl methyl sites for hydroxylation is 1. The second-order valence-corrected chi connectivity index (χ2v) is 8.76. The van der Waals surface area contributed by atoms with Gasteiger partial charge in [-0.15, -0.1) is 0 Å². The van der Waals surface area contributed by atoms with Crippen molar-refractivity contribution in [2.24, 2.45) is 0 Å². The lowest BCUT2D eigenvalue weighted by atomic mass is 9.84. The lowest BCUT2D eigenvalue weighted by Gasteiger charge is -2.39. The molecule has 0 unspecified atom stereocenters. The molecule has 0 aliphatic carbocycles. The van der Waals surface area contributed by atoms with E-state index in [4.69, 9.17) is 18.9 Å². The number of aromatic nitrogens is 3. The molecule has 8 heteroatoms. The molecule has 2 aliphatic rings. The van der Waals surface area contributed by atoms with Crippen LogP contribution in [0.25, 0.3) is 5.70 Å². The van der Waals surface area contributed by atoms with E-state index in [0.717, 1.165) is 45.0 Å². The Bertz CT molecular complexity index is 1480. The van der Waals surface area contributed by atoms with Crippen LogP contribution in [-0.4, -0.2) is 36.1 Å². The summed E-state index contributed by atoms with van der Waals surface area (Å²) in [6.45, 7) is 2.07. The highest BCUT2D eigenvalue weighted by molar-refractivity contribution is 5.85. The molecule has 182 valence electrons. The van der Waals surface area contributed by atoms with E-state index in [-0.39, 0.29) is 6.04 Å². The maximum Gasteiger partial charge on any atom is 0.226 e. The first-order chi connectivity index (χ1) is 17.6. The Morgan fingerprint density at radius 2 is 1.67 bits per heavy atom. The predicted molar refractivity (Wildman–Crippen MR) is 136 cm³/mol. The molecule has 3 aromatic carbocycles. The molecule has 0 bridgehead atoms. The monoisotopic (exact) mass is 482 g/mol. The number of benzene rings is 3. The van der Waals surface area contributed by atoms with Gasteiger partial charge in [0.1, 0.15) is 35.4 Å². The molecule has 36 heavy (non-hydrogen) atoms. The minimum absolute atomic E-state index is 0.268. The maximum absolute atomic E-state index is 6.74. The number of nitrogens with one attached hydrogen (secondary N) is 1. The second-order valence-electron chi connectivity index (χ2n) is 8.76. The summed E-state index contributed by atoms with van der Waals surface area (Å²) < 4.78 is 25.3. The molecule has 4 aromatic rings. The Kier molecular flexibility index (Phi) is 5.29. The molecule has 0 amide bonds. The first-order valence-electron chi connectivity index (χ1n) is 11.7. The summed E-state index contributed by atoms with van der Waals surface area (Å²) in [6.07, 6.45) is 1.12. The zero-order chi connectivity index (χ0) is 24.8. The lowest BCUT2D eigenvalue weighted by Crippen LogP contribution is -2.32. The minimum Gasteiger partial charge on any atom is -0.497 e. The fraction of sp³-hybridized carbons (Fsp3) is 0.214. The smallest absolute Gasteiger partial charge is 0.226 e. The summed E-state index contributed by atoms with van der Waals surface area (Å²) in [5.74, 6) is 3.64. The Balaban J connectivity index is 1.62. The van der Waals surface area contributed by atoms with Crippen molar-refractivity contribution in [1.82, 2.24) is 14.8 Å². The molecule has 0 saturated heterocycles. The molecule has 6 rings (SSSR count). The molecule has 1 aromatic heterocycles. The Labute approximate surface area is 209 Å². The van der Waals surface area contributed by atoms with E-state index in [1.807, 2.05) is 41.1 Å². The van der Waals surface area contributed by atoms with Gasteiger partial charge in [0.05, 0.1) is 27.0 Å². The van der Waals surface area contributed by atoms with Gasteiger partial charge in [0.25, 0.3) is 0 Å². The first-order valence-corrected chi connectivity index (χ1v) is 11.7. The van der Waals surface area contributed by atoms with Crippen LogP contribution in [0.1, 0.15) is 34.4 Å². The van der Waals surface area contributed by atoms with Gasteiger partial charge < -0.3 is 24.3 Å². The van der Waals surface area contributed by atoms with Crippen LogP contribution in [-0.2, 0) is 0 Å². The van der Waals surface area contributed by atoms with Crippen LogP contribution >= 0.6 is 0 Å². The second kappa shape index (κ2) is 8.64. The van der Waals surface area contributed by atoms with Crippen molar-refractivity contribution in [1.29, 1.82) is 0 Å². The van der Waals surface area contributed by atoms with Crippen LogP contribution < -0.4 is 24.3 Å². The van der Waals surface area contributed by atoms with Crippen molar-refractivity contribution in [3.05, 3.63) is 94.8 Å². The number of methoxy groups -OCH3 is 3. The van der Waals surface area contributed by atoms with Gasteiger partial charge in [-0.05, 0) is 48.9 Å². The van der Waals surface area contributed by atoms with E-state index in [1.54, 1.807) is 27.7 Å². The fourth-order valence-electron chi connectivity index (χ4n) is 4.98. The largest absolute Gasteiger partial charge is 0.497 e. The van der Waals surface area contributed by atoms with Crippen molar-refractivity contribution in [2.75, 3.05) is 26.6 Å². The molecule has 3 heterocycles. The van der Waals surface area contributed by atoms with Crippen LogP contribution in [0.3, 0.4) is 0 Å². The van der Waals surface area contributed by atoms with Gasteiger partial charge in [-0.2, -0.15) is 10.1 Å². The van der Waals surface area contributed by atoms with Gasteiger partial charge in [0.2, 0.25) is 5.95 Å². The van der Waals surface area contributed by atoms with E-state index >= 15 is 0 Å². The van der Waals surface area contributed by atoms with E-state index in [2.05, 4.69) is 46.6 Å². The topological polar surface area (TPSA) is 79.7 Å². The average molecular weight is 483 g/mol. The molecule has 0 saturated carbocycles. The molecular formula is C28H26N4O4. The molecular weight excluding hydrogens is 456 g/mol. The van der Waals surface area contributed by atoms with Crippen molar-refractivity contribution >= 4 is 11.6 Å². The standard InChI is InChI=1S/C28H26N4O4/c1-16-5-12-22-21(13-16)25-24(27(36-22)20-11-10-19(34-3)14-23(20)35-4)26(32-28(31-25)29-15-30-32)17-6-8-18(33-2)9-7-17/h5-15,26-27H,1-4H3,(H,29,30,31)/t26-,27-/m0/s1. The molecule has 2 aliphatic heterocycles. The Morgan fingerprint density at radius 1 is 0.889 bits per heavy atom. The SMILES string of the molecule is COc1ccc([C@H]2C3=C(Nc4ncnn42)c2cc(C)ccc2O[C@H]3c2ccc(OC)cc2OC)cc1. The van der Waals surface area contributed by atoms with E-state index in [0.29, 0.717) is 17.4 Å². The van der Waals surface area contributed by atoms with E-state index in [9.17, 15) is 0 Å². The van der Waals surface area contributed by atoms with Gasteiger partial charge in [-0.1, -0.05) is 23.8 Å². The highest BCUT2D eigenvalue weighted by atomic mass is 16.5. The van der Waals surface area contributed by atoms with Crippen LogP contribution in [0.15, 0.2) is 72.6 Å². The summed E-state index contributed by atoms with van der Waals surface area (Å²) in [4.78, 5) is 4.51. The van der Waals surface area contributed by atoms with Crippen molar-refractivity contribution in [3.63, 3.8) is 0 Å². The lowest BCUT2D eigenvalue weighted by molar-refractivity contribution is 0.217. The first kappa shape index (κ1) is 22.0. The summed E-state index contributed by atoms with van der Waals surface area (Å²) in [5.41, 5.74) is 6.03. The predicted octanol–water partition coefficient (Wildman–Crippen LogP) is 5.17. The van der Waals surface area contributed by atoms with Gasteiger partial charge in [0, 0.05) is 22.8 Å². The number of ether oxygens (including phenoxy) is 4.